The van der Waals surface area contributed by atoms with Crippen LogP contribution >= 0.6 is 0 Å². The van der Waals surface area contributed by atoms with Crippen LogP contribution in [-0.2, 0) is 4.74 Å². The van der Waals surface area contributed by atoms with E-state index in [0.717, 1.165) is 13.0 Å². The van der Waals surface area contributed by atoms with Gasteiger partial charge in [0.25, 0.3) is 0 Å². The maximum atomic E-state index is 5.50. The smallest absolute Gasteiger partial charge is 0.121 e. The topological polar surface area (TPSA) is 47.3 Å². The highest BCUT2D eigenvalue weighted by Gasteiger charge is 2.21. The Labute approximate surface area is 49.2 Å². The molecule has 3 nitrogen and oxygen atoms in total. The van der Waals surface area contributed by atoms with Crippen LogP contribution in [0.2, 0.25) is 0 Å². The van der Waals surface area contributed by atoms with E-state index >= 15 is 0 Å². The van der Waals surface area contributed by atoms with Crippen LogP contribution in [0.4, 0.5) is 0 Å². The van der Waals surface area contributed by atoms with Crippen LogP contribution in [0.15, 0.2) is 0 Å². The van der Waals surface area contributed by atoms with E-state index < -0.39 is 0 Å². The normalized spacial score (nSPS) is 38.2. The molecule has 0 spiro atoms. The van der Waals surface area contributed by atoms with Gasteiger partial charge >= 0.3 is 0 Å². The van der Waals surface area contributed by atoms with Crippen LogP contribution in [0.25, 0.3) is 0 Å². The second-order valence-electron chi connectivity index (χ2n) is 2.02. The van der Waals surface area contributed by atoms with E-state index in [-0.39, 0.29) is 6.23 Å². The fourth-order valence-corrected chi connectivity index (χ4v) is 0.920. The minimum absolute atomic E-state index is 0.0833. The second-order valence-corrected chi connectivity index (χ2v) is 2.02. The maximum absolute atomic E-state index is 5.50. The van der Waals surface area contributed by atoms with Crippen LogP contribution in [0, 0.1) is 0 Å². The molecule has 0 bridgehead atoms. The first-order valence-electron chi connectivity index (χ1n) is 2.89. The van der Waals surface area contributed by atoms with Gasteiger partial charge in [0.1, 0.15) is 6.23 Å². The van der Waals surface area contributed by atoms with Crippen molar-refractivity contribution in [2.75, 3.05) is 13.7 Å². The van der Waals surface area contributed by atoms with Gasteiger partial charge < -0.3 is 15.8 Å². The van der Waals surface area contributed by atoms with E-state index in [2.05, 4.69) is 5.32 Å². The molecule has 3 heteroatoms. The molecule has 1 aliphatic heterocycles. The van der Waals surface area contributed by atoms with Gasteiger partial charge in [-0.2, -0.15) is 0 Å². The Kier molecular flexibility index (Phi) is 1.83. The molecule has 2 atom stereocenters. The first-order valence-corrected chi connectivity index (χ1v) is 2.89. The van der Waals surface area contributed by atoms with Crippen molar-refractivity contribution in [1.82, 2.24) is 5.32 Å². The van der Waals surface area contributed by atoms with E-state index in [1.165, 1.54) is 0 Å². The minimum Gasteiger partial charge on any atom is -0.362 e. The Morgan fingerprint density at radius 3 is 2.75 bits per heavy atom. The van der Waals surface area contributed by atoms with Crippen molar-refractivity contribution in [3.63, 3.8) is 0 Å². The van der Waals surface area contributed by atoms with Crippen LogP contribution in [0.3, 0.4) is 0 Å². The summed E-state index contributed by atoms with van der Waals surface area (Å²) in [7, 11) is 1.90. The zero-order valence-electron chi connectivity index (χ0n) is 5.05. The largest absolute Gasteiger partial charge is 0.362 e. The SMILES string of the molecule is CNC1CCOC1N. The summed E-state index contributed by atoms with van der Waals surface area (Å²) >= 11 is 0. The Balaban J connectivity index is 2.30. The number of ether oxygens (including phenoxy) is 1. The third kappa shape index (κ3) is 0.992. The van der Waals surface area contributed by atoms with E-state index in [1.54, 1.807) is 0 Å². The Bertz CT molecular complexity index is 76.8. The van der Waals surface area contributed by atoms with E-state index in [9.17, 15) is 0 Å². The fraction of sp³-hybridized carbons (Fsp3) is 1.00. The number of hydrogen-bond donors (Lipinski definition) is 2. The lowest BCUT2D eigenvalue weighted by Gasteiger charge is -2.10. The summed E-state index contributed by atoms with van der Waals surface area (Å²) in [4.78, 5) is 0. The third-order valence-electron chi connectivity index (χ3n) is 1.51. The standard InChI is InChI=1S/C5H12N2O/c1-7-4-2-3-8-5(4)6/h4-5,7H,2-3,6H2,1H3. The lowest BCUT2D eigenvalue weighted by Crippen LogP contribution is -2.39. The molecule has 2 unspecified atom stereocenters. The number of hydrogen-bond acceptors (Lipinski definition) is 3. The monoisotopic (exact) mass is 116 g/mol. The van der Waals surface area contributed by atoms with Crippen molar-refractivity contribution in [1.29, 1.82) is 0 Å². The van der Waals surface area contributed by atoms with E-state index in [4.69, 9.17) is 10.5 Å². The first kappa shape index (κ1) is 6.01. The third-order valence-corrected chi connectivity index (χ3v) is 1.51. The summed E-state index contributed by atoms with van der Waals surface area (Å²) in [5.41, 5.74) is 5.50. The van der Waals surface area contributed by atoms with Gasteiger partial charge in [-0.15, -0.1) is 0 Å². The van der Waals surface area contributed by atoms with Crippen LogP contribution in [-0.4, -0.2) is 25.9 Å². The molecule has 0 aromatic carbocycles. The second kappa shape index (κ2) is 2.44. The molecule has 0 radical (unpaired) electrons. The van der Waals surface area contributed by atoms with Crippen molar-refractivity contribution in [3.05, 3.63) is 0 Å². The zero-order valence-corrected chi connectivity index (χ0v) is 5.05. The number of likely N-dealkylation sites (N-methyl/N-ethyl adjacent to an activating group) is 1. The van der Waals surface area contributed by atoms with Gasteiger partial charge in [-0.05, 0) is 13.5 Å². The molecule has 1 rings (SSSR count). The molecule has 1 fully saturated rings. The molecule has 0 aromatic rings. The Hall–Kier alpha value is -0.120. The summed E-state index contributed by atoms with van der Waals surface area (Å²) in [5, 5.41) is 3.06. The predicted octanol–water partition coefficient (Wildman–Crippen LogP) is -0.720. The van der Waals surface area contributed by atoms with E-state index in [1.807, 2.05) is 7.05 Å². The van der Waals surface area contributed by atoms with Crippen molar-refractivity contribution in [2.24, 2.45) is 5.73 Å². The predicted molar refractivity (Wildman–Crippen MR) is 31.4 cm³/mol. The average Bonchev–Trinajstić information content (AvgIpc) is 2.14. The summed E-state index contributed by atoms with van der Waals surface area (Å²) in [6.07, 6.45) is 0.956. The molecular formula is C5H12N2O. The fourth-order valence-electron chi connectivity index (χ4n) is 0.920. The minimum atomic E-state index is -0.0833. The molecule has 1 aliphatic rings. The molecule has 0 aromatic heterocycles. The number of rotatable bonds is 1. The van der Waals surface area contributed by atoms with Crippen molar-refractivity contribution in [3.8, 4) is 0 Å². The molecule has 0 aliphatic carbocycles. The average molecular weight is 116 g/mol. The molecule has 0 amide bonds. The molecule has 8 heavy (non-hydrogen) atoms. The molecule has 0 saturated carbocycles. The van der Waals surface area contributed by atoms with E-state index in [0.29, 0.717) is 6.04 Å². The van der Waals surface area contributed by atoms with Gasteiger partial charge in [-0.3, -0.25) is 0 Å². The molecule has 3 N–H and O–H groups in total. The Morgan fingerprint density at radius 2 is 2.50 bits per heavy atom. The Morgan fingerprint density at radius 1 is 1.75 bits per heavy atom. The quantitative estimate of drug-likeness (QED) is 0.475. The molecule has 1 saturated heterocycles. The van der Waals surface area contributed by atoms with Crippen molar-refractivity contribution < 1.29 is 4.74 Å². The number of nitrogens with one attached hydrogen (secondary N) is 1. The number of nitrogens with two attached hydrogens (primary N) is 1. The molecule has 48 valence electrons. The highest BCUT2D eigenvalue weighted by molar-refractivity contribution is 4.75. The molecule has 1 heterocycles. The zero-order chi connectivity index (χ0) is 5.98. The molecular weight excluding hydrogens is 104 g/mol. The van der Waals surface area contributed by atoms with Crippen LogP contribution in [0.5, 0.6) is 0 Å². The summed E-state index contributed by atoms with van der Waals surface area (Å²) in [6.45, 7) is 0.798. The van der Waals surface area contributed by atoms with Gasteiger partial charge in [0.15, 0.2) is 0 Å². The van der Waals surface area contributed by atoms with Crippen LogP contribution in [0.1, 0.15) is 6.42 Å². The van der Waals surface area contributed by atoms with Crippen molar-refractivity contribution >= 4 is 0 Å². The highest BCUT2D eigenvalue weighted by Crippen LogP contribution is 2.06. The van der Waals surface area contributed by atoms with Gasteiger partial charge in [-0.25, -0.2) is 0 Å². The lowest BCUT2D eigenvalue weighted by molar-refractivity contribution is 0.105. The highest BCUT2D eigenvalue weighted by atomic mass is 16.5. The van der Waals surface area contributed by atoms with Gasteiger partial charge in [0.05, 0.1) is 6.61 Å². The van der Waals surface area contributed by atoms with Gasteiger partial charge in [0.2, 0.25) is 0 Å². The van der Waals surface area contributed by atoms with Gasteiger partial charge in [0, 0.05) is 6.04 Å². The van der Waals surface area contributed by atoms with Crippen LogP contribution < -0.4 is 11.1 Å². The summed E-state index contributed by atoms with van der Waals surface area (Å²) in [6, 6.07) is 0.370. The lowest BCUT2D eigenvalue weighted by atomic mass is 10.2. The van der Waals surface area contributed by atoms with Crippen molar-refractivity contribution in [2.45, 2.75) is 18.7 Å². The van der Waals surface area contributed by atoms with Gasteiger partial charge in [-0.1, -0.05) is 0 Å². The summed E-state index contributed by atoms with van der Waals surface area (Å²) < 4.78 is 5.07. The summed E-state index contributed by atoms with van der Waals surface area (Å²) in [5.74, 6) is 0. The maximum Gasteiger partial charge on any atom is 0.121 e. The first-order chi connectivity index (χ1) is 3.84.